The molecule has 0 aliphatic heterocycles. The van der Waals surface area contributed by atoms with Gasteiger partial charge in [0.1, 0.15) is 0 Å². The van der Waals surface area contributed by atoms with Gasteiger partial charge < -0.3 is 16.8 Å². The minimum absolute atomic E-state index is 0. The molecule has 0 spiro atoms. The van der Waals surface area contributed by atoms with Crippen LogP contribution in [0, 0.1) is 44.1 Å². The Kier molecular flexibility index (Phi) is 9.94. The van der Waals surface area contributed by atoms with Crippen molar-refractivity contribution in [2.45, 2.75) is 20.0 Å². The maximum absolute atomic E-state index is 8.38. The molecule has 0 aromatic rings. The molecule has 0 aromatic carbocycles. The van der Waals surface area contributed by atoms with Crippen molar-refractivity contribution >= 4 is 0 Å². The smallest absolute Gasteiger partial charge is 0.570 e. The Bertz CT molecular complexity index is 57.0. The quantitative estimate of drug-likeness (QED) is 0.759. The molecular weight excluding hydrogens is 342 g/mol. The summed E-state index contributed by atoms with van der Waals surface area (Å²) in [6.07, 6.45) is 0.527. The Morgan fingerprint density at radius 2 is 2.11 bits per heavy atom. The van der Waals surface area contributed by atoms with E-state index in [0.717, 1.165) is 6.10 Å². The summed E-state index contributed by atoms with van der Waals surface area (Å²) in [5, 5.41) is 8.38. The van der Waals surface area contributed by atoms with Gasteiger partial charge in [-0.05, 0) is 0 Å². The zero-order valence-electron chi connectivity index (χ0n) is 5.85. The summed E-state index contributed by atoms with van der Waals surface area (Å²) in [6.45, 7) is 7.14. The van der Waals surface area contributed by atoms with Gasteiger partial charge in [-0.25, -0.2) is 6.10 Å². The van der Waals surface area contributed by atoms with E-state index >= 15 is 0 Å². The molecule has 1 atom stereocenters. The predicted molar refractivity (Wildman–Crippen MR) is 31.9 cm³/mol. The van der Waals surface area contributed by atoms with Crippen molar-refractivity contribution in [3.8, 4) is 0 Å². The summed E-state index contributed by atoms with van der Waals surface area (Å²) in [5.41, 5.74) is 0. The first-order chi connectivity index (χ1) is 3.66. The molecular formula is C6H12O2U. The van der Waals surface area contributed by atoms with Gasteiger partial charge in [-0.15, -0.1) is 0 Å². The molecule has 0 radical (unpaired) electrons. The third-order valence-electron chi connectivity index (χ3n) is 0.606. The monoisotopic (exact) mass is 354 g/mol. The van der Waals surface area contributed by atoms with Crippen LogP contribution < -0.4 is 0 Å². The second kappa shape index (κ2) is 7.08. The van der Waals surface area contributed by atoms with Crippen LogP contribution >= 0.6 is 0 Å². The molecule has 0 aliphatic carbocycles. The molecule has 1 N–H and O–H groups in total. The minimum Gasteiger partial charge on any atom is -0.570 e. The molecule has 0 aliphatic rings. The molecule has 0 amide bonds. The molecule has 0 rings (SSSR count). The van der Waals surface area contributed by atoms with Gasteiger partial charge in [0, 0.05) is 6.61 Å². The summed E-state index contributed by atoms with van der Waals surface area (Å²) in [7, 11) is 0. The van der Waals surface area contributed by atoms with Gasteiger partial charge in [0.15, 0.2) is 0 Å². The first kappa shape index (κ1) is 12.6. The molecule has 0 saturated carbocycles. The number of ether oxygens (including phenoxy) is 1. The van der Waals surface area contributed by atoms with Crippen LogP contribution in [0.3, 0.4) is 0 Å². The topological polar surface area (TPSA) is 29.5 Å². The maximum Gasteiger partial charge on any atom is 2.00 e. The Labute approximate surface area is 80.4 Å². The summed E-state index contributed by atoms with van der Waals surface area (Å²) in [5.74, 6) is 0. The van der Waals surface area contributed by atoms with Crippen LogP contribution in [0.2, 0.25) is 0 Å². The van der Waals surface area contributed by atoms with Gasteiger partial charge in [0.25, 0.3) is 0 Å². The normalized spacial score (nSPS) is 13.0. The van der Waals surface area contributed by atoms with Gasteiger partial charge in [0.2, 0.25) is 0 Å². The molecule has 2 nitrogen and oxygen atoms in total. The Hall–Kier alpha value is 0.972. The SMILES string of the molecule is [CH2-]C(CO)O[C-](C)C.[U+2]. The van der Waals surface area contributed by atoms with E-state index in [9.17, 15) is 0 Å². The summed E-state index contributed by atoms with van der Waals surface area (Å²) in [6, 6.07) is 0. The second-order valence-corrected chi connectivity index (χ2v) is 1.83. The molecule has 3 heteroatoms. The van der Waals surface area contributed by atoms with Crippen molar-refractivity contribution in [2.75, 3.05) is 6.61 Å². The first-order valence-electron chi connectivity index (χ1n) is 2.57. The van der Waals surface area contributed by atoms with E-state index in [2.05, 4.69) is 6.92 Å². The van der Waals surface area contributed by atoms with Crippen molar-refractivity contribution in [1.82, 2.24) is 0 Å². The van der Waals surface area contributed by atoms with Gasteiger partial charge in [-0.2, -0.15) is 13.8 Å². The van der Waals surface area contributed by atoms with E-state index in [0.29, 0.717) is 0 Å². The van der Waals surface area contributed by atoms with E-state index in [-0.39, 0.29) is 43.8 Å². The molecule has 9 heavy (non-hydrogen) atoms. The van der Waals surface area contributed by atoms with E-state index < -0.39 is 0 Å². The van der Waals surface area contributed by atoms with Crippen LogP contribution in [0.5, 0.6) is 0 Å². The van der Waals surface area contributed by atoms with Crippen molar-refractivity contribution in [3.05, 3.63) is 13.0 Å². The van der Waals surface area contributed by atoms with Crippen molar-refractivity contribution in [1.29, 1.82) is 0 Å². The molecule has 0 heterocycles. The maximum atomic E-state index is 8.38. The van der Waals surface area contributed by atoms with Crippen LogP contribution in [-0.2, 0) is 4.74 Å². The standard InChI is InChI=1S/C6H12O2.U/c1-5(2)8-6(3)4-7;/h6-7H,3-4H2,1-2H3;/q-2;+2. The van der Waals surface area contributed by atoms with E-state index in [4.69, 9.17) is 9.84 Å². The Balaban J connectivity index is 0. The summed E-state index contributed by atoms with van der Waals surface area (Å²) >= 11 is 0. The fourth-order valence-electron chi connectivity index (χ4n) is 0.371. The third kappa shape index (κ3) is 8.97. The van der Waals surface area contributed by atoms with Crippen molar-refractivity contribution in [2.24, 2.45) is 0 Å². The van der Waals surface area contributed by atoms with Crippen LogP contribution in [-0.4, -0.2) is 17.8 Å². The summed E-state index contributed by atoms with van der Waals surface area (Å²) < 4.78 is 4.95. The van der Waals surface area contributed by atoms with Gasteiger partial charge in [-0.3, -0.25) is 0 Å². The van der Waals surface area contributed by atoms with Gasteiger partial charge in [0.05, 0.1) is 0 Å². The summed E-state index contributed by atoms with van der Waals surface area (Å²) in [4.78, 5) is 0. The third-order valence-corrected chi connectivity index (χ3v) is 0.606. The fraction of sp³-hybridized carbons (Fsp3) is 0.667. The predicted octanol–water partition coefficient (Wildman–Crippen LogP) is 0.770. The Morgan fingerprint density at radius 1 is 1.67 bits per heavy atom. The van der Waals surface area contributed by atoms with Crippen molar-refractivity contribution in [3.63, 3.8) is 0 Å². The average molecular weight is 354 g/mol. The number of hydrogen-bond acceptors (Lipinski definition) is 2. The van der Waals surface area contributed by atoms with E-state index in [1.165, 1.54) is 0 Å². The molecule has 0 bridgehead atoms. The zero-order valence-corrected chi connectivity index (χ0v) is 10.0. The first-order valence-corrected chi connectivity index (χ1v) is 2.57. The van der Waals surface area contributed by atoms with E-state index in [1.807, 2.05) is 13.8 Å². The Morgan fingerprint density at radius 3 is 2.22 bits per heavy atom. The zero-order chi connectivity index (χ0) is 6.57. The van der Waals surface area contributed by atoms with Crippen molar-refractivity contribution < 1.29 is 41.0 Å². The molecule has 0 fully saturated rings. The van der Waals surface area contributed by atoms with E-state index in [1.54, 1.807) is 0 Å². The van der Waals surface area contributed by atoms with Crippen LogP contribution in [0.4, 0.5) is 0 Å². The number of aliphatic hydroxyl groups excluding tert-OH is 1. The van der Waals surface area contributed by atoms with Crippen LogP contribution in [0.1, 0.15) is 13.8 Å². The van der Waals surface area contributed by atoms with Crippen LogP contribution in [0.15, 0.2) is 0 Å². The van der Waals surface area contributed by atoms with Gasteiger partial charge >= 0.3 is 31.1 Å². The molecule has 0 aromatic heterocycles. The number of rotatable bonds is 3. The van der Waals surface area contributed by atoms with Crippen LogP contribution in [0.25, 0.3) is 0 Å². The molecule has 0 saturated heterocycles. The molecule has 52 valence electrons. The van der Waals surface area contributed by atoms with Gasteiger partial charge in [-0.1, -0.05) is 6.10 Å². The minimum atomic E-state index is -0.306. The number of hydrogen-bond donors (Lipinski definition) is 1. The second-order valence-electron chi connectivity index (χ2n) is 1.83. The average Bonchev–Trinajstić information content (AvgIpc) is 1.65. The fourth-order valence-corrected chi connectivity index (χ4v) is 0.371. The number of aliphatic hydroxyl groups is 1. The largest absolute Gasteiger partial charge is 2.00 e. The molecule has 1 unspecified atom stereocenters.